The van der Waals surface area contributed by atoms with Gasteiger partial charge in [-0.15, -0.1) is 0 Å². The van der Waals surface area contributed by atoms with Crippen LogP contribution in [0.4, 0.5) is 13.2 Å². The quantitative estimate of drug-likeness (QED) is 0.439. The average Bonchev–Trinajstić information content (AvgIpc) is 3.07. The fourth-order valence-electron chi connectivity index (χ4n) is 2.40. The van der Waals surface area contributed by atoms with Crippen molar-refractivity contribution in [1.29, 1.82) is 0 Å². The number of carbonyl (C=O) groups excluding carboxylic acids is 1. The molecule has 2 atom stereocenters. The van der Waals surface area contributed by atoms with Crippen LogP contribution in [0.15, 0.2) is 0 Å². The second-order valence-corrected chi connectivity index (χ2v) is 5.11. The van der Waals surface area contributed by atoms with E-state index in [0.29, 0.717) is 12.8 Å². The lowest BCUT2D eigenvalue weighted by atomic mass is 10.2. The molecule has 19 heavy (non-hydrogen) atoms. The van der Waals surface area contributed by atoms with Crippen molar-refractivity contribution < 1.29 is 22.7 Å². The molecule has 1 aliphatic heterocycles. The molecule has 0 spiro atoms. The van der Waals surface area contributed by atoms with E-state index in [1.807, 2.05) is 5.43 Å². The van der Waals surface area contributed by atoms with Crippen LogP contribution in [0.1, 0.15) is 25.7 Å². The molecule has 2 unspecified atom stereocenters. The number of nitrogens with two attached hydrogens (primary N) is 1. The molecule has 5 nitrogen and oxygen atoms in total. The number of hydrazine groups is 1. The summed E-state index contributed by atoms with van der Waals surface area (Å²) in [7, 11) is 0. The summed E-state index contributed by atoms with van der Waals surface area (Å²) < 4.78 is 42.8. The molecule has 2 fully saturated rings. The van der Waals surface area contributed by atoms with E-state index >= 15 is 0 Å². The number of hydrogen-bond acceptors (Lipinski definition) is 4. The second-order valence-electron chi connectivity index (χ2n) is 5.11. The molecule has 0 bridgehead atoms. The van der Waals surface area contributed by atoms with Crippen molar-refractivity contribution in [2.75, 3.05) is 13.1 Å². The number of nitrogens with one attached hydrogen (secondary N) is 1. The molecule has 1 heterocycles. The zero-order chi connectivity index (χ0) is 14.0. The first-order chi connectivity index (χ1) is 8.89. The van der Waals surface area contributed by atoms with Crippen molar-refractivity contribution in [3.63, 3.8) is 0 Å². The highest BCUT2D eigenvalue weighted by Crippen LogP contribution is 2.32. The van der Waals surface area contributed by atoms with Crippen LogP contribution in [0.2, 0.25) is 0 Å². The van der Waals surface area contributed by atoms with E-state index in [1.54, 1.807) is 0 Å². The zero-order valence-corrected chi connectivity index (χ0v) is 10.4. The summed E-state index contributed by atoms with van der Waals surface area (Å²) in [6.45, 7) is -0.691. The monoisotopic (exact) mass is 281 g/mol. The van der Waals surface area contributed by atoms with Gasteiger partial charge >= 0.3 is 6.18 Å². The normalized spacial score (nSPS) is 27.8. The number of rotatable bonds is 5. The fourth-order valence-corrected chi connectivity index (χ4v) is 2.40. The van der Waals surface area contributed by atoms with Crippen LogP contribution in [0.3, 0.4) is 0 Å². The van der Waals surface area contributed by atoms with Crippen molar-refractivity contribution in [2.24, 2.45) is 5.84 Å². The van der Waals surface area contributed by atoms with Crippen LogP contribution >= 0.6 is 0 Å². The Hall–Kier alpha value is -0.860. The van der Waals surface area contributed by atoms with Crippen molar-refractivity contribution in [1.82, 2.24) is 10.3 Å². The van der Waals surface area contributed by atoms with Crippen LogP contribution in [0.5, 0.6) is 0 Å². The van der Waals surface area contributed by atoms with Crippen molar-refractivity contribution >= 4 is 5.91 Å². The molecule has 110 valence electrons. The standard InChI is InChI=1S/C11H18F3N3O2/c12-11(13,14)6-17(7-1-2-7)5-8-3-4-9(19-8)10(18)16-15/h7-9H,1-6,15H2,(H,16,18). The van der Waals surface area contributed by atoms with E-state index in [4.69, 9.17) is 10.6 Å². The van der Waals surface area contributed by atoms with E-state index in [1.165, 1.54) is 4.90 Å². The molecule has 8 heteroatoms. The summed E-state index contributed by atoms with van der Waals surface area (Å²) in [6, 6.07) is 0.00705. The first-order valence-electron chi connectivity index (χ1n) is 6.36. The van der Waals surface area contributed by atoms with Crippen LogP contribution in [0.25, 0.3) is 0 Å². The van der Waals surface area contributed by atoms with Crippen molar-refractivity contribution in [3.05, 3.63) is 0 Å². The lowest BCUT2D eigenvalue weighted by molar-refractivity contribution is -0.152. The topological polar surface area (TPSA) is 67.6 Å². The van der Waals surface area contributed by atoms with Gasteiger partial charge in [0, 0.05) is 12.6 Å². The van der Waals surface area contributed by atoms with Gasteiger partial charge in [0.1, 0.15) is 6.10 Å². The first-order valence-corrected chi connectivity index (χ1v) is 6.36. The Bertz CT molecular complexity index is 334. The molecule has 1 saturated heterocycles. The van der Waals surface area contributed by atoms with Gasteiger partial charge in [0.25, 0.3) is 5.91 Å². The number of halogens is 3. The van der Waals surface area contributed by atoms with Gasteiger partial charge in [0.15, 0.2) is 0 Å². The Morgan fingerprint density at radius 3 is 2.53 bits per heavy atom. The molecule has 0 aromatic rings. The summed E-state index contributed by atoms with van der Waals surface area (Å²) >= 11 is 0. The molecule has 1 saturated carbocycles. The van der Waals surface area contributed by atoms with Gasteiger partial charge < -0.3 is 4.74 Å². The molecule has 3 N–H and O–H groups in total. The third-order valence-corrected chi connectivity index (χ3v) is 3.43. The summed E-state index contributed by atoms with van der Waals surface area (Å²) in [4.78, 5) is 12.7. The van der Waals surface area contributed by atoms with Crippen LogP contribution in [0, 0.1) is 0 Å². The minimum Gasteiger partial charge on any atom is -0.364 e. The van der Waals surface area contributed by atoms with E-state index in [0.717, 1.165) is 12.8 Å². The Balaban J connectivity index is 1.83. The Morgan fingerprint density at radius 2 is 2.00 bits per heavy atom. The number of alkyl halides is 3. The van der Waals surface area contributed by atoms with Gasteiger partial charge in [-0.1, -0.05) is 0 Å². The lowest BCUT2D eigenvalue weighted by Gasteiger charge is -2.26. The highest BCUT2D eigenvalue weighted by atomic mass is 19.4. The molecular formula is C11H18F3N3O2. The summed E-state index contributed by atoms with van der Waals surface area (Å²) in [6.07, 6.45) is -2.48. The van der Waals surface area contributed by atoms with Gasteiger partial charge in [0.2, 0.25) is 0 Å². The van der Waals surface area contributed by atoms with E-state index in [-0.39, 0.29) is 18.7 Å². The third kappa shape index (κ3) is 4.32. The first kappa shape index (κ1) is 14.5. The largest absolute Gasteiger partial charge is 0.401 e. The molecule has 0 aromatic heterocycles. The Labute approximate surface area is 109 Å². The summed E-state index contributed by atoms with van der Waals surface area (Å²) in [5.41, 5.74) is 2.00. The number of amides is 1. The minimum absolute atomic E-state index is 0.00705. The number of carbonyl (C=O) groups is 1. The number of ether oxygens (including phenoxy) is 1. The van der Waals surface area contributed by atoms with Crippen molar-refractivity contribution in [2.45, 2.75) is 50.1 Å². The van der Waals surface area contributed by atoms with Crippen LogP contribution in [-0.2, 0) is 9.53 Å². The maximum atomic E-state index is 12.5. The lowest BCUT2D eigenvalue weighted by Crippen LogP contribution is -2.42. The van der Waals surface area contributed by atoms with Gasteiger partial charge in [-0.05, 0) is 25.7 Å². The predicted octanol–water partition coefficient (Wildman–Crippen LogP) is 0.551. The van der Waals surface area contributed by atoms with Gasteiger partial charge in [-0.3, -0.25) is 15.1 Å². The van der Waals surface area contributed by atoms with Gasteiger partial charge in [-0.2, -0.15) is 13.2 Å². The Morgan fingerprint density at radius 1 is 1.32 bits per heavy atom. The van der Waals surface area contributed by atoms with Gasteiger partial charge in [0.05, 0.1) is 12.6 Å². The summed E-state index contributed by atoms with van der Waals surface area (Å²) in [5, 5.41) is 0. The maximum absolute atomic E-state index is 12.5. The summed E-state index contributed by atoms with van der Waals surface area (Å²) in [5.74, 6) is 4.58. The highest BCUT2D eigenvalue weighted by Gasteiger charge is 2.40. The predicted molar refractivity (Wildman–Crippen MR) is 60.9 cm³/mol. The Kier molecular flexibility index (Phi) is 4.32. The maximum Gasteiger partial charge on any atom is 0.401 e. The molecule has 1 amide bonds. The second kappa shape index (κ2) is 5.64. The van der Waals surface area contributed by atoms with E-state index < -0.39 is 24.7 Å². The molecule has 0 radical (unpaired) electrons. The smallest absolute Gasteiger partial charge is 0.364 e. The van der Waals surface area contributed by atoms with Crippen LogP contribution in [-0.4, -0.2) is 48.3 Å². The van der Waals surface area contributed by atoms with Crippen molar-refractivity contribution in [3.8, 4) is 0 Å². The molecule has 0 aromatic carbocycles. The zero-order valence-electron chi connectivity index (χ0n) is 10.4. The molecule has 2 aliphatic rings. The SMILES string of the molecule is NNC(=O)C1CCC(CN(CC(F)(F)F)C2CC2)O1. The van der Waals surface area contributed by atoms with Crippen LogP contribution < -0.4 is 11.3 Å². The van der Waals surface area contributed by atoms with E-state index in [2.05, 4.69) is 0 Å². The molecule has 2 rings (SSSR count). The van der Waals surface area contributed by atoms with Gasteiger partial charge in [-0.25, -0.2) is 5.84 Å². The molecule has 1 aliphatic carbocycles. The highest BCUT2D eigenvalue weighted by molar-refractivity contribution is 5.80. The third-order valence-electron chi connectivity index (χ3n) is 3.43. The number of nitrogens with zero attached hydrogens (tertiary/aromatic N) is 1. The average molecular weight is 281 g/mol. The molecular weight excluding hydrogens is 263 g/mol. The minimum atomic E-state index is -4.20. The van der Waals surface area contributed by atoms with E-state index in [9.17, 15) is 18.0 Å². The number of hydrogen-bond donors (Lipinski definition) is 2. The fraction of sp³-hybridized carbons (Fsp3) is 0.909.